The van der Waals surface area contributed by atoms with Gasteiger partial charge in [0.15, 0.2) is 0 Å². The van der Waals surface area contributed by atoms with Crippen molar-refractivity contribution in [2.45, 2.75) is 44.4 Å². The molecule has 5 heteroatoms. The van der Waals surface area contributed by atoms with Crippen LogP contribution >= 0.6 is 0 Å². The maximum absolute atomic E-state index is 11.8. The lowest BCUT2D eigenvalue weighted by atomic mass is 9.88. The number of ether oxygens (including phenoxy) is 1. The molecule has 0 aromatic carbocycles. The van der Waals surface area contributed by atoms with Crippen molar-refractivity contribution in [2.75, 3.05) is 13.2 Å². The Morgan fingerprint density at radius 1 is 1.13 bits per heavy atom. The standard InChI is InChI=1S/C10H17F3O2/c11-10(12,13)5-6-15-9-3-1-8(7-14)2-4-9/h8-9,14H,1-7H2. The number of rotatable bonds is 4. The highest BCUT2D eigenvalue weighted by Gasteiger charge is 2.28. The highest BCUT2D eigenvalue weighted by atomic mass is 19.4. The van der Waals surface area contributed by atoms with E-state index in [1.807, 2.05) is 0 Å². The van der Waals surface area contributed by atoms with E-state index in [1.165, 1.54) is 0 Å². The topological polar surface area (TPSA) is 29.5 Å². The van der Waals surface area contributed by atoms with Crippen LogP contribution < -0.4 is 0 Å². The first-order chi connectivity index (χ1) is 7.01. The first-order valence-corrected chi connectivity index (χ1v) is 5.30. The molecule has 0 aliphatic heterocycles. The van der Waals surface area contributed by atoms with Gasteiger partial charge in [0.05, 0.1) is 19.1 Å². The Labute approximate surface area is 87.4 Å². The van der Waals surface area contributed by atoms with Crippen LogP contribution in [0.3, 0.4) is 0 Å². The van der Waals surface area contributed by atoms with Gasteiger partial charge in [-0.15, -0.1) is 0 Å². The molecule has 0 atom stereocenters. The predicted molar refractivity (Wildman–Crippen MR) is 49.5 cm³/mol. The predicted octanol–water partition coefficient (Wildman–Crippen LogP) is 2.51. The number of hydrogen-bond acceptors (Lipinski definition) is 2. The number of hydrogen-bond donors (Lipinski definition) is 1. The smallest absolute Gasteiger partial charge is 0.391 e. The van der Waals surface area contributed by atoms with Crippen LogP contribution in [0.15, 0.2) is 0 Å². The molecule has 0 saturated heterocycles. The molecule has 1 N–H and O–H groups in total. The van der Waals surface area contributed by atoms with E-state index >= 15 is 0 Å². The molecule has 0 heterocycles. The van der Waals surface area contributed by atoms with Crippen LogP contribution in [0, 0.1) is 5.92 Å². The maximum Gasteiger partial charge on any atom is 0.391 e. The molecule has 1 aliphatic carbocycles. The Morgan fingerprint density at radius 3 is 2.20 bits per heavy atom. The Morgan fingerprint density at radius 2 is 1.73 bits per heavy atom. The van der Waals surface area contributed by atoms with Gasteiger partial charge in [0.25, 0.3) is 0 Å². The second-order valence-electron chi connectivity index (χ2n) is 4.06. The molecule has 0 bridgehead atoms. The van der Waals surface area contributed by atoms with Crippen molar-refractivity contribution in [3.8, 4) is 0 Å². The van der Waals surface area contributed by atoms with Gasteiger partial charge in [-0.3, -0.25) is 0 Å². The largest absolute Gasteiger partial charge is 0.396 e. The van der Waals surface area contributed by atoms with Crippen molar-refractivity contribution < 1.29 is 23.0 Å². The third kappa shape index (κ3) is 5.37. The van der Waals surface area contributed by atoms with Crippen LogP contribution in [0.4, 0.5) is 13.2 Å². The zero-order chi connectivity index (χ0) is 11.3. The molecular formula is C10H17F3O2. The molecule has 1 aliphatic rings. The summed E-state index contributed by atoms with van der Waals surface area (Å²) < 4.78 is 40.6. The van der Waals surface area contributed by atoms with Gasteiger partial charge < -0.3 is 9.84 Å². The van der Waals surface area contributed by atoms with Gasteiger partial charge in [0.2, 0.25) is 0 Å². The van der Waals surface area contributed by atoms with E-state index in [0.717, 1.165) is 25.7 Å². The van der Waals surface area contributed by atoms with Crippen molar-refractivity contribution in [2.24, 2.45) is 5.92 Å². The van der Waals surface area contributed by atoms with E-state index in [-0.39, 0.29) is 19.3 Å². The van der Waals surface area contributed by atoms with Gasteiger partial charge >= 0.3 is 6.18 Å². The minimum absolute atomic E-state index is 0.0462. The third-order valence-electron chi connectivity index (χ3n) is 2.79. The Bertz CT molecular complexity index is 174. The van der Waals surface area contributed by atoms with Gasteiger partial charge in [-0.1, -0.05) is 0 Å². The summed E-state index contributed by atoms with van der Waals surface area (Å²) in [6.45, 7) is -0.0623. The number of aliphatic hydroxyl groups excluding tert-OH is 1. The summed E-state index contributed by atoms with van der Waals surface area (Å²) in [5.41, 5.74) is 0. The fraction of sp³-hybridized carbons (Fsp3) is 1.00. The fourth-order valence-corrected chi connectivity index (χ4v) is 1.82. The van der Waals surface area contributed by atoms with Crippen LogP contribution in [0.5, 0.6) is 0 Å². The lowest BCUT2D eigenvalue weighted by Crippen LogP contribution is -2.25. The Hall–Kier alpha value is -0.290. The highest BCUT2D eigenvalue weighted by molar-refractivity contribution is 4.72. The monoisotopic (exact) mass is 226 g/mol. The first-order valence-electron chi connectivity index (χ1n) is 5.30. The maximum atomic E-state index is 11.8. The van der Waals surface area contributed by atoms with E-state index in [1.54, 1.807) is 0 Å². The van der Waals surface area contributed by atoms with Gasteiger partial charge in [-0.25, -0.2) is 0 Å². The lowest BCUT2D eigenvalue weighted by molar-refractivity contribution is -0.150. The Balaban J connectivity index is 2.09. The molecule has 0 amide bonds. The molecule has 0 aromatic heterocycles. The van der Waals surface area contributed by atoms with Crippen molar-refractivity contribution in [3.05, 3.63) is 0 Å². The van der Waals surface area contributed by atoms with Crippen LogP contribution in [-0.2, 0) is 4.74 Å². The lowest BCUT2D eigenvalue weighted by Gasteiger charge is -2.27. The summed E-state index contributed by atoms with van der Waals surface area (Å²) in [4.78, 5) is 0. The second kappa shape index (κ2) is 5.70. The SMILES string of the molecule is OCC1CCC(OCCC(F)(F)F)CC1. The number of alkyl halides is 3. The van der Waals surface area contributed by atoms with Crippen molar-refractivity contribution in [3.63, 3.8) is 0 Å². The second-order valence-corrected chi connectivity index (χ2v) is 4.06. The quantitative estimate of drug-likeness (QED) is 0.798. The van der Waals surface area contributed by atoms with Crippen LogP contribution in [-0.4, -0.2) is 30.6 Å². The number of halogens is 3. The van der Waals surface area contributed by atoms with Gasteiger partial charge in [-0.2, -0.15) is 13.2 Å². The van der Waals surface area contributed by atoms with Gasteiger partial charge in [0.1, 0.15) is 0 Å². The molecule has 1 saturated carbocycles. The molecule has 0 radical (unpaired) electrons. The van der Waals surface area contributed by atoms with Crippen LogP contribution in [0.25, 0.3) is 0 Å². The summed E-state index contributed by atoms with van der Waals surface area (Å²) in [6.07, 6.45) is -1.79. The fourth-order valence-electron chi connectivity index (χ4n) is 1.82. The summed E-state index contributed by atoms with van der Waals surface area (Å²) in [5, 5.41) is 8.87. The Kier molecular flexibility index (Phi) is 4.86. The van der Waals surface area contributed by atoms with Crippen molar-refractivity contribution in [1.82, 2.24) is 0 Å². The number of aliphatic hydroxyl groups is 1. The summed E-state index contributed by atoms with van der Waals surface area (Å²) in [7, 11) is 0. The minimum Gasteiger partial charge on any atom is -0.396 e. The van der Waals surface area contributed by atoms with E-state index in [9.17, 15) is 13.2 Å². The van der Waals surface area contributed by atoms with Gasteiger partial charge in [0, 0.05) is 6.61 Å². The highest BCUT2D eigenvalue weighted by Crippen LogP contribution is 2.27. The van der Waals surface area contributed by atoms with E-state index in [0.29, 0.717) is 5.92 Å². The molecule has 0 spiro atoms. The third-order valence-corrected chi connectivity index (χ3v) is 2.79. The summed E-state index contributed by atoms with van der Waals surface area (Å²) >= 11 is 0. The van der Waals surface area contributed by atoms with Crippen molar-refractivity contribution in [1.29, 1.82) is 0 Å². The normalized spacial score (nSPS) is 28.0. The van der Waals surface area contributed by atoms with Gasteiger partial charge in [-0.05, 0) is 31.6 Å². The molecule has 90 valence electrons. The van der Waals surface area contributed by atoms with E-state index in [4.69, 9.17) is 9.84 Å². The molecule has 15 heavy (non-hydrogen) atoms. The van der Waals surface area contributed by atoms with Crippen LogP contribution in [0.2, 0.25) is 0 Å². The zero-order valence-corrected chi connectivity index (χ0v) is 8.59. The molecule has 0 aromatic rings. The molecule has 0 unspecified atom stereocenters. The molecule has 1 rings (SSSR count). The average Bonchev–Trinajstić information content (AvgIpc) is 2.17. The van der Waals surface area contributed by atoms with E-state index < -0.39 is 12.6 Å². The summed E-state index contributed by atoms with van der Waals surface area (Å²) in [5.74, 6) is 0.312. The first kappa shape index (κ1) is 12.8. The van der Waals surface area contributed by atoms with Crippen molar-refractivity contribution >= 4 is 0 Å². The summed E-state index contributed by atoms with van der Waals surface area (Å²) in [6, 6.07) is 0. The molecular weight excluding hydrogens is 209 g/mol. The molecule has 1 fully saturated rings. The average molecular weight is 226 g/mol. The molecule has 2 nitrogen and oxygen atoms in total. The minimum atomic E-state index is -4.12. The van der Waals surface area contributed by atoms with E-state index in [2.05, 4.69) is 0 Å². The van der Waals surface area contributed by atoms with Crippen LogP contribution in [0.1, 0.15) is 32.1 Å². The zero-order valence-electron chi connectivity index (χ0n) is 8.59.